The van der Waals surface area contributed by atoms with Crippen LogP contribution in [-0.4, -0.2) is 43.3 Å². The molecule has 0 aliphatic heterocycles. The molecule has 8 heteroatoms. The minimum atomic E-state index is -3.89. The molecule has 8 nitrogen and oxygen atoms in total. The monoisotopic (exact) mass is 336 g/mol. The third-order valence-corrected chi connectivity index (χ3v) is 3.13. The maximum Gasteiger partial charge on any atom is 0.336 e. The van der Waals surface area contributed by atoms with Crippen LogP contribution in [0.3, 0.4) is 0 Å². The zero-order valence-corrected chi connectivity index (χ0v) is 12.0. The Morgan fingerprint density at radius 3 is 2.96 bits per heavy atom. The van der Waals surface area contributed by atoms with Gasteiger partial charge in [-0.25, -0.2) is 4.79 Å². The number of hydrogen-bond donors (Lipinski definition) is 2. The number of aromatic nitrogens is 4. The molecule has 24 heavy (non-hydrogen) atoms. The second kappa shape index (κ2) is 5.89. The van der Waals surface area contributed by atoms with Gasteiger partial charge in [-0.1, -0.05) is 30.3 Å². The Bertz CT molecular complexity index is 1220. The van der Waals surface area contributed by atoms with Gasteiger partial charge in [-0.15, -0.1) is 5.10 Å². The van der Waals surface area contributed by atoms with E-state index in [0.29, 0.717) is 11.6 Å². The third kappa shape index (κ3) is 2.79. The Morgan fingerprint density at radius 2 is 2.29 bits per heavy atom. The lowest BCUT2D eigenvalue weighted by atomic mass is 10.00. The van der Waals surface area contributed by atoms with Crippen molar-refractivity contribution in [2.24, 2.45) is 0 Å². The van der Waals surface area contributed by atoms with Gasteiger partial charge in [-0.3, -0.25) is 4.79 Å². The highest BCUT2D eigenvalue weighted by molar-refractivity contribution is 5.77. The van der Waals surface area contributed by atoms with E-state index in [2.05, 4.69) is 19.8 Å². The van der Waals surface area contributed by atoms with Crippen LogP contribution in [0.1, 0.15) is 23.5 Å². The topological polar surface area (TPSA) is 110 Å². The van der Waals surface area contributed by atoms with E-state index in [1.54, 1.807) is 30.3 Å². The number of hydrogen-bond acceptors (Lipinski definition) is 5. The summed E-state index contributed by atoms with van der Waals surface area (Å²) in [6.07, 6.45) is -3.56. The van der Waals surface area contributed by atoms with E-state index in [9.17, 15) is 14.7 Å². The van der Waals surface area contributed by atoms with Gasteiger partial charge in [0.25, 0.3) is 5.56 Å². The molecular weight excluding hydrogens is 312 g/mol. The average Bonchev–Trinajstić information content (AvgIpc) is 3.09. The minimum Gasteiger partial charge on any atom is -0.479 e. The Hall–Kier alpha value is -3.00. The molecule has 1 atom stereocenters. The highest BCUT2D eigenvalue weighted by Gasteiger charge is 2.33. The maximum absolute atomic E-state index is 12.6. The molecule has 3 aromatic rings. The van der Waals surface area contributed by atoms with Crippen LogP contribution in [0.2, 0.25) is 0 Å². The molecule has 0 amide bonds. The summed E-state index contributed by atoms with van der Waals surface area (Å²) in [5, 5.41) is 13.7. The van der Waals surface area contributed by atoms with Crippen molar-refractivity contribution in [3.05, 3.63) is 52.4 Å². The fraction of sp³-hybridized carbons (Fsp3) is 0.250. The van der Waals surface area contributed by atoms with Crippen molar-refractivity contribution >= 4 is 11.7 Å². The van der Waals surface area contributed by atoms with Crippen molar-refractivity contribution < 1.29 is 25.6 Å². The third-order valence-electron chi connectivity index (χ3n) is 3.13. The lowest BCUT2D eigenvalue weighted by Crippen LogP contribution is -2.40. The smallest absolute Gasteiger partial charge is 0.336 e. The molecule has 3 rings (SSSR count). The van der Waals surface area contributed by atoms with E-state index in [0.717, 1.165) is 4.52 Å². The minimum absolute atomic E-state index is 0.0794. The molecule has 0 aliphatic rings. The zero-order valence-electron chi connectivity index (χ0n) is 20.0. The second-order valence-corrected chi connectivity index (χ2v) is 4.77. The lowest BCUT2D eigenvalue weighted by Gasteiger charge is -2.22. The van der Waals surface area contributed by atoms with Crippen LogP contribution in [0, 0.1) is 0 Å². The highest BCUT2D eigenvalue weighted by atomic mass is 16.5. The van der Waals surface area contributed by atoms with Crippen molar-refractivity contribution in [1.82, 2.24) is 19.6 Å². The summed E-state index contributed by atoms with van der Waals surface area (Å²) >= 11 is 0. The number of carboxylic acids is 1. The van der Waals surface area contributed by atoms with Gasteiger partial charge in [0, 0.05) is 37.6 Å². The second-order valence-electron chi connectivity index (χ2n) is 4.77. The summed E-state index contributed by atoms with van der Waals surface area (Å²) in [4.78, 5) is 31.0. The number of benzene rings is 1. The molecule has 2 heterocycles. The van der Waals surface area contributed by atoms with Crippen LogP contribution in [0.15, 0.2) is 41.2 Å². The number of ether oxygens (including phenoxy) is 1. The van der Waals surface area contributed by atoms with Crippen molar-refractivity contribution in [2.45, 2.75) is 18.8 Å². The molecule has 0 saturated carbocycles. The Balaban J connectivity index is 2.26. The molecule has 0 radical (unpaired) electrons. The first-order valence-corrected chi connectivity index (χ1v) is 6.60. The van der Waals surface area contributed by atoms with Gasteiger partial charge in [0.2, 0.25) is 5.78 Å². The van der Waals surface area contributed by atoms with E-state index in [4.69, 9.17) is 11.0 Å². The van der Waals surface area contributed by atoms with Gasteiger partial charge in [-0.2, -0.15) is 9.50 Å². The van der Waals surface area contributed by atoms with Crippen molar-refractivity contribution in [2.75, 3.05) is 7.04 Å². The number of nitrogens with one attached hydrogen (secondary N) is 1. The number of methoxy groups -OCH3 is 1. The first-order chi connectivity index (χ1) is 14.6. The van der Waals surface area contributed by atoms with E-state index in [1.807, 2.05) is 0 Å². The molecular formula is C16H16N4O4. The fourth-order valence-electron chi connectivity index (χ4n) is 1.98. The molecule has 1 aromatic carbocycles. The number of aromatic amines is 1. The molecule has 124 valence electrons. The Morgan fingerprint density at radius 1 is 1.50 bits per heavy atom. The van der Waals surface area contributed by atoms with Crippen LogP contribution >= 0.6 is 0 Å². The van der Waals surface area contributed by atoms with Gasteiger partial charge in [-0.05, 0) is 6.85 Å². The van der Waals surface area contributed by atoms with E-state index in [1.165, 1.54) is 0 Å². The maximum atomic E-state index is 12.6. The highest BCUT2D eigenvalue weighted by Crippen LogP contribution is 2.17. The SMILES string of the molecule is [2H]C([2H])([2H])OC(C(=O)O)(C([2H])([2H])[2H])C([2H])([2H])c1cc(=O)n2nc(-c3ccccc3)nc2[nH]1. The number of carbonyl (C=O) groups is 1. The largest absolute Gasteiger partial charge is 0.479 e. The Labute approximate surface area is 148 Å². The number of nitrogens with zero attached hydrogens (tertiary/aromatic N) is 3. The molecule has 0 bridgehead atoms. The number of fused-ring (bicyclic) bond motifs is 1. The van der Waals surface area contributed by atoms with Gasteiger partial charge in [0.15, 0.2) is 11.4 Å². The summed E-state index contributed by atoms with van der Waals surface area (Å²) in [5.74, 6) is -2.64. The number of H-pyrrole nitrogens is 1. The summed E-state index contributed by atoms with van der Waals surface area (Å²) in [6, 6.07) is 8.99. The molecule has 1 unspecified atom stereocenters. The summed E-state index contributed by atoms with van der Waals surface area (Å²) in [7, 11) is -3.60. The average molecular weight is 336 g/mol. The van der Waals surface area contributed by atoms with Gasteiger partial charge >= 0.3 is 5.97 Å². The number of rotatable bonds is 5. The van der Waals surface area contributed by atoms with Gasteiger partial charge in [0.05, 0.1) is 4.11 Å². The summed E-state index contributed by atoms with van der Waals surface area (Å²) in [5.41, 5.74) is -5.22. The Kier molecular flexibility index (Phi) is 2.15. The van der Waals surface area contributed by atoms with E-state index in [-0.39, 0.29) is 11.6 Å². The molecule has 2 N–H and O–H groups in total. The van der Waals surface area contributed by atoms with Gasteiger partial charge in [0.1, 0.15) is 0 Å². The van der Waals surface area contributed by atoms with E-state index < -0.39 is 43.1 Å². The quantitative estimate of drug-likeness (QED) is 0.722. The first kappa shape index (κ1) is 8.74. The molecule has 2 aromatic heterocycles. The van der Waals surface area contributed by atoms with Crippen LogP contribution in [0.4, 0.5) is 0 Å². The van der Waals surface area contributed by atoms with E-state index >= 15 is 0 Å². The molecule has 0 aliphatic carbocycles. The lowest BCUT2D eigenvalue weighted by molar-refractivity contribution is -0.160. The predicted molar refractivity (Wildman–Crippen MR) is 85.8 cm³/mol. The summed E-state index contributed by atoms with van der Waals surface area (Å²) in [6.45, 7) is -3.80. The number of carboxylic acid groups (broad SMARTS) is 1. The molecule has 0 fully saturated rings. The van der Waals surface area contributed by atoms with Crippen LogP contribution < -0.4 is 5.56 Å². The first-order valence-electron chi connectivity index (χ1n) is 10.6. The zero-order chi connectivity index (χ0) is 24.1. The van der Waals surface area contributed by atoms with Crippen molar-refractivity contribution in [1.29, 1.82) is 0 Å². The van der Waals surface area contributed by atoms with Gasteiger partial charge < -0.3 is 14.8 Å². The standard InChI is InChI=1S/C16H16N4O4/c1-16(24-2,14(22)23)9-11-8-12(21)20-15(17-11)18-13(19-20)10-6-4-3-5-7-10/h3-8H,9H2,1-2H3,(H,22,23)(H,17,18,19)/i1D3,2D3,9D2. The fourth-order valence-corrected chi connectivity index (χ4v) is 1.98. The van der Waals surface area contributed by atoms with Crippen LogP contribution in [-0.2, 0) is 15.9 Å². The van der Waals surface area contributed by atoms with Crippen molar-refractivity contribution in [3.8, 4) is 11.4 Å². The van der Waals surface area contributed by atoms with Crippen molar-refractivity contribution in [3.63, 3.8) is 0 Å². The molecule has 0 saturated heterocycles. The molecule has 0 spiro atoms. The predicted octanol–water partition coefficient (Wildman–Crippen LogP) is 1.12. The van der Waals surface area contributed by atoms with Crippen LogP contribution in [0.25, 0.3) is 17.2 Å². The summed E-state index contributed by atoms with van der Waals surface area (Å²) < 4.78 is 66.2. The normalized spacial score (nSPS) is 20.3. The van der Waals surface area contributed by atoms with Crippen LogP contribution in [0.5, 0.6) is 0 Å². The number of aliphatic carboxylic acids is 1.